The number of likely N-dealkylation sites (N-methyl/N-ethyl adjacent to an activating group) is 1. The zero-order chi connectivity index (χ0) is 12.7. The number of nitrogens with two attached hydrogens (primary N) is 1. The van der Waals surface area contributed by atoms with E-state index in [2.05, 4.69) is 18.7 Å². The predicted octanol–water partition coefficient (Wildman–Crippen LogP) is 2.25. The molecular weight excluding hydrogens is 212 g/mol. The molecule has 0 aromatic carbocycles. The van der Waals surface area contributed by atoms with Gasteiger partial charge in [-0.1, -0.05) is 26.7 Å². The Morgan fingerprint density at radius 2 is 2.06 bits per heavy atom. The molecule has 1 saturated carbocycles. The SMILES string of the molecule is CCCC1CCC(N)C(N(CC)CCOC)C1. The predicted molar refractivity (Wildman–Crippen MR) is 73.1 cm³/mol. The molecule has 17 heavy (non-hydrogen) atoms. The number of ether oxygens (including phenoxy) is 1. The molecule has 3 unspecified atom stereocenters. The van der Waals surface area contributed by atoms with Crippen molar-refractivity contribution < 1.29 is 4.74 Å². The molecule has 0 spiro atoms. The van der Waals surface area contributed by atoms with Gasteiger partial charge in [0.05, 0.1) is 6.61 Å². The van der Waals surface area contributed by atoms with Crippen LogP contribution in [0.4, 0.5) is 0 Å². The first-order valence-corrected chi connectivity index (χ1v) is 7.21. The van der Waals surface area contributed by atoms with Crippen molar-refractivity contribution in [1.29, 1.82) is 0 Å². The Kier molecular flexibility index (Phi) is 7.09. The van der Waals surface area contributed by atoms with Crippen LogP contribution in [0.2, 0.25) is 0 Å². The van der Waals surface area contributed by atoms with Crippen LogP contribution in [0.5, 0.6) is 0 Å². The molecule has 0 heterocycles. The average molecular weight is 242 g/mol. The van der Waals surface area contributed by atoms with E-state index in [4.69, 9.17) is 10.5 Å². The van der Waals surface area contributed by atoms with Gasteiger partial charge in [0.15, 0.2) is 0 Å². The van der Waals surface area contributed by atoms with E-state index in [1.54, 1.807) is 7.11 Å². The highest BCUT2D eigenvalue weighted by atomic mass is 16.5. The lowest BCUT2D eigenvalue weighted by molar-refractivity contribution is 0.0800. The maximum absolute atomic E-state index is 6.30. The maximum Gasteiger partial charge on any atom is 0.0589 e. The number of rotatable bonds is 7. The highest BCUT2D eigenvalue weighted by molar-refractivity contribution is 4.89. The maximum atomic E-state index is 6.30. The number of hydrogen-bond donors (Lipinski definition) is 1. The fourth-order valence-corrected chi connectivity index (χ4v) is 3.11. The molecule has 0 aromatic heterocycles. The smallest absolute Gasteiger partial charge is 0.0589 e. The lowest BCUT2D eigenvalue weighted by Gasteiger charge is -2.41. The van der Waals surface area contributed by atoms with Crippen molar-refractivity contribution in [2.24, 2.45) is 11.7 Å². The van der Waals surface area contributed by atoms with E-state index < -0.39 is 0 Å². The van der Waals surface area contributed by atoms with Gasteiger partial charge in [0.2, 0.25) is 0 Å². The lowest BCUT2D eigenvalue weighted by Crippen LogP contribution is -2.52. The van der Waals surface area contributed by atoms with Crippen molar-refractivity contribution in [3.63, 3.8) is 0 Å². The van der Waals surface area contributed by atoms with Crippen LogP contribution >= 0.6 is 0 Å². The molecule has 1 aliphatic carbocycles. The van der Waals surface area contributed by atoms with Crippen LogP contribution < -0.4 is 5.73 Å². The topological polar surface area (TPSA) is 38.5 Å². The standard InChI is InChI=1S/C14H30N2O/c1-4-6-12-7-8-13(15)14(11-12)16(5-2)9-10-17-3/h12-14H,4-11,15H2,1-3H3. The van der Waals surface area contributed by atoms with Gasteiger partial charge in [-0.15, -0.1) is 0 Å². The second-order valence-corrected chi connectivity index (χ2v) is 5.32. The van der Waals surface area contributed by atoms with Crippen LogP contribution in [-0.4, -0.2) is 43.8 Å². The quantitative estimate of drug-likeness (QED) is 0.744. The van der Waals surface area contributed by atoms with E-state index >= 15 is 0 Å². The fraction of sp³-hybridized carbons (Fsp3) is 1.00. The summed E-state index contributed by atoms with van der Waals surface area (Å²) in [6, 6.07) is 0.931. The summed E-state index contributed by atoms with van der Waals surface area (Å²) in [7, 11) is 1.77. The van der Waals surface area contributed by atoms with E-state index in [0.717, 1.165) is 25.6 Å². The molecule has 1 fully saturated rings. The molecule has 1 aliphatic rings. The van der Waals surface area contributed by atoms with Gasteiger partial charge in [-0.2, -0.15) is 0 Å². The summed E-state index contributed by atoms with van der Waals surface area (Å²) in [5, 5.41) is 0. The Balaban J connectivity index is 2.50. The van der Waals surface area contributed by atoms with Gasteiger partial charge in [-0.25, -0.2) is 0 Å². The van der Waals surface area contributed by atoms with Crippen molar-refractivity contribution in [1.82, 2.24) is 4.90 Å². The van der Waals surface area contributed by atoms with Gasteiger partial charge < -0.3 is 10.5 Å². The molecule has 3 heteroatoms. The van der Waals surface area contributed by atoms with Crippen LogP contribution in [0.25, 0.3) is 0 Å². The highest BCUT2D eigenvalue weighted by Crippen LogP contribution is 2.30. The normalized spacial score (nSPS) is 29.8. The largest absolute Gasteiger partial charge is 0.383 e. The summed E-state index contributed by atoms with van der Waals surface area (Å²) >= 11 is 0. The molecule has 0 saturated heterocycles. The van der Waals surface area contributed by atoms with Crippen molar-refractivity contribution in [3.8, 4) is 0 Å². The number of hydrogen-bond acceptors (Lipinski definition) is 3. The van der Waals surface area contributed by atoms with E-state index in [0.29, 0.717) is 12.1 Å². The van der Waals surface area contributed by atoms with Crippen molar-refractivity contribution in [3.05, 3.63) is 0 Å². The van der Waals surface area contributed by atoms with Gasteiger partial charge in [-0.3, -0.25) is 4.90 Å². The van der Waals surface area contributed by atoms with Crippen molar-refractivity contribution in [2.45, 2.75) is 58.0 Å². The first-order valence-electron chi connectivity index (χ1n) is 7.21. The third kappa shape index (κ3) is 4.57. The second-order valence-electron chi connectivity index (χ2n) is 5.32. The summed E-state index contributed by atoms with van der Waals surface area (Å²) in [6.07, 6.45) is 6.47. The third-order valence-corrected chi connectivity index (χ3v) is 4.13. The Morgan fingerprint density at radius 1 is 1.29 bits per heavy atom. The summed E-state index contributed by atoms with van der Waals surface area (Å²) in [5.74, 6) is 0.890. The minimum atomic E-state index is 0.361. The molecule has 0 radical (unpaired) electrons. The van der Waals surface area contributed by atoms with Crippen LogP contribution in [-0.2, 0) is 4.74 Å². The Hall–Kier alpha value is -0.120. The average Bonchev–Trinajstić information content (AvgIpc) is 2.34. The van der Waals surface area contributed by atoms with Gasteiger partial charge in [-0.05, 0) is 31.7 Å². The zero-order valence-corrected chi connectivity index (χ0v) is 11.8. The molecule has 0 bridgehead atoms. The minimum Gasteiger partial charge on any atom is -0.383 e. The van der Waals surface area contributed by atoms with E-state index in [1.165, 1.54) is 32.1 Å². The number of nitrogens with zero attached hydrogens (tertiary/aromatic N) is 1. The van der Waals surface area contributed by atoms with Gasteiger partial charge in [0.25, 0.3) is 0 Å². The molecule has 3 atom stereocenters. The molecule has 3 nitrogen and oxygen atoms in total. The molecule has 0 amide bonds. The van der Waals surface area contributed by atoms with E-state index in [1.807, 2.05) is 0 Å². The zero-order valence-electron chi connectivity index (χ0n) is 11.8. The first-order chi connectivity index (χ1) is 8.22. The first kappa shape index (κ1) is 14.9. The molecule has 0 aliphatic heterocycles. The van der Waals surface area contributed by atoms with Crippen LogP contribution in [0.1, 0.15) is 46.0 Å². The van der Waals surface area contributed by atoms with Gasteiger partial charge >= 0.3 is 0 Å². The van der Waals surface area contributed by atoms with Crippen LogP contribution in [0, 0.1) is 5.92 Å². The summed E-state index contributed by atoms with van der Waals surface area (Å²) in [6.45, 7) is 7.43. The lowest BCUT2D eigenvalue weighted by atomic mass is 9.80. The van der Waals surface area contributed by atoms with E-state index in [-0.39, 0.29) is 0 Å². The Morgan fingerprint density at radius 3 is 2.65 bits per heavy atom. The Bertz CT molecular complexity index is 199. The molecule has 0 aromatic rings. The summed E-state index contributed by atoms with van der Waals surface area (Å²) in [5.41, 5.74) is 6.30. The van der Waals surface area contributed by atoms with Crippen LogP contribution in [0.15, 0.2) is 0 Å². The van der Waals surface area contributed by atoms with Crippen LogP contribution in [0.3, 0.4) is 0 Å². The third-order valence-electron chi connectivity index (χ3n) is 4.13. The van der Waals surface area contributed by atoms with Crippen molar-refractivity contribution in [2.75, 3.05) is 26.8 Å². The highest BCUT2D eigenvalue weighted by Gasteiger charge is 2.31. The molecule has 102 valence electrons. The number of methoxy groups -OCH3 is 1. The second kappa shape index (κ2) is 8.06. The fourth-order valence-electron chi connectivity index (χ4n) is 3.11. The van der Waals surface area contributed by atoms with Crippen molar-refractivity contribution >= 4 is 0 Å². The van der Waals surface area contributed by atoms with Gasteiger partial charge in [0, 0.05) is 25.7 Å². The van der Waals surface area contributed by atoms with Gasteiger partial charge in [0.1, 0.15) is 0 Å². The molecular formula is C14H30N2O. The minimum absolute atomic E-state index is 0.361. The molecule has 2 N–H and O–H groups in total. The molecule has 1 rings (SSSR count). The monoisotopic (exact) mass is 242 g/mol. The summed E-state index contributed by atoms with van der Waals surface area (Å²) < 4.78 is 5.19. The summed E-state index contributed by atoms with van der Waals surface area (Å²) in [4.78, 5) is 2.51. The van der Waals surface area contributed by atoms with E-state index in [9.17, 15) is 0 Å². The Labute approximate surface area is 107 Å².